The van der Waals surface area contributed by atoms with E-state index in [1.165, 1.54) is 0 Å². The van der Waals surface area contributed by atoms with Gasteiger partial charge in [-0.25, -0.2) is 0 Å². The first-order chi connectivity index (χ1) is 16.0. The van der Waals surface area contributed by atoms with Crippen LogP contribution in [0.4, 0.5) is 0 Å². The molecule has 1 N–H and O–H groups in total. The summed E-state index contributed by atoms with van der Waals surface area (Å²) < 4.78 is 5.10. The molecule has 0 radical (unpaired) electrons. The maximum absolute atomic E-state index is 13.7. The standard InChI is InChI=1S/C26H24Cl2N2O3/c1-33-15-14-29-25(31)23-21-4-2-3-5-22(21)26(32)30(16-17-6-10-19(27)11-7-17)24(23)18-8-12-20(28)13-9-18/h2-13,23-24H,14-16H2,1H3,(H,29,31)/t23?,24-/m1/s1. The highest BCUT2D eigenvalue weighted by Crippen LogP contribution is 2.43. The fourth-order valence-corrected chi connectivity index (χ4v) is 4.51. The number of halogens is 2. The molecule has 0 bridgehead atoms. The van der Waals surface area contributed by atoms with Gasteiger partial charge in [-0.2, -0.15) is 0 Å². The zero-order valence-electron chi connectivity index (χ0n) is 18.1. The van der Waals surface area contributed by atoms with Crippen LogP contribution in [0.5, 0.6) is 0 Å². The van der Waals surface area contributed by atoms with Gasteiger partial charge in [0.05, 0.1) is 18.6 Å². The second-order valence-electron chi connectivity index (χ2n) is 7.90. The molecule has 1 heterocycles. The van der Waals surface area contributed by atoms with E-state index in [0.717, 1.165) is 11.1 Å². The predicted octanol–water partition coefficient (Wildman–Crippen LogP) is 5.24. The molecular formula is C26H24Cl2N2O3. The Hall–Kier alpha value is -2.86. The Kier molecular flexibility index (Phi) is 7.33. The van der Waals surface area contributed by atoms with Crippen LogP contribution in [0.1, 0.15) is 39.0 Å². The molecule has 0 saturated carbocycles. The van der Waals surface area contributed by atoms with Gasteiger partial charge >= 0.3 is 0 Å². The number of hydrogen-bond acceptors (Lipinski definition) is 3. The van der Waals surface area contributed by atoms with Gasteiger partial charge in [-0.05, 0) is 47.0 Å². The Morgan fingerprint density at radius 1 is 0.970 bits per heavy atom. The predicted molar refractivity (Wildman–Crippen MR) is 130 cm³/mol. The van der Waals surface area contributed by atoms with E-state index in [1.807, 2.05) is 42.5 Å². The number of ether oxygens (including phenoxy) is 1. The van der Waals surface area contributed by atoms with Crippen molar-refractivity contribution in [1.82, 2.24) is 10.2 Å². The average Bonchev–Trinajstić information content (AvgIpc) is 2.82. The molecule has 0 aliphatic carbocycles. The molecule has 1 aliphatic rings. The van der Waals surface area contributed by atoms with Crippen LogP contribution in [0.3, 0.4) is 0 Å². The monoisotopic (exact) mass is 482 g/mol. The lowest BCUT2D eigenvalue weighted by Gasteiger charge is -2.42. The van der Waals surface area contributed by atoms with Gasteiger partial charge in [-0.1, -0.05) is 65.7 Å². The summed E-state index contributed by atoms with van der Waals surface area (Å²) in [5.41, 5.74) is 3.00. The molecule has 2 amide bonds. The number of carbonyl (C=O) groups excluding carboxylic acids is 2. The lowest BCUT2D eigenvalue weighted by atomic mass is 9.79. The van der Waals surface area contributed by atoms with E-state index in [9.17, 15) is 9.59 Å². The Balaban J connectivity index is 1.82. The molecule has 1 unspecified atom stereocenters. The Labute approximate surface area is 203 Å². The van der Waals surface area contributed by atoms with E-state index in [1.54, 1.807) is 42.3 Å². The summed E-state index contributed by atoms with van der Waals surface area (Å²) in [4.78, 5) is 28.9. The summed E-state index contributed by atoms with van der Waals surface area (Å²) in [6.45, 7) is 1.12. The summed E-state index contributed by atoms with van der Waals surface area (Å²) >= 11 is 12.2. The SMILES string of the molecule is COCCNC(=O)C1c2ccccc2C(=O)N(Cc2ccc(Cl)cc2)[C@@H]1c1ccc(Cl)cc1. The molecule has 3 aromatic rings. The molecule has 0 spiro atoms. The van der Waals surface area contributed by atoms with E-state index in [4.69, 9.17) is 27.9 Å². The zero-order chi connectivity index (χ0) is 23.4. The number of amides is 2. The molecule has 7 heteroatoms. The third-order valence-corrected chi connectivity index (χ3v) is 6.31. The zero-order valence-corrected chi connectivity index (χ0v) is 19.6. The fraction of sp³-hybridized carbons (Fsp3) is 0.231. The van der Waals surface area contributed by atoms with Crippen LogP contribution in [0.15, 0.2) is 72.8 Å². The van der Waals surface area contributed by atoms with Crippen LogP contribution in [0, 0.1) is 0 Å². The van der Waals surface area contributed by atoms with Gasteiger partial charge in [0, 0.05) is 35.8 Å². The minimum Gasteiger partial charge on any atom is -0.383 e. The molecular weight excluding hydrogens is 459 g/mol. The van der Waals surface area contributed by atoms with Gasteiger partial charge in [0.25, 0.3) is 5.91 Å². The maximum atomic E-state index is 13.7. The Morgan fingerprint density at radius 3 is 2.27 bits per heavy atom. The number of nitrogens with zero attached hydrogens (tertiary/aromatic N) is 1. The third kappa shape index (κ3) is 5.06. The van der Waals surface area contributed by atoms with Crippen LogP contribution < -0.4 is 5.32 Å². The maximum Gasteiger partial charge on any atom is 0.255 e. The molecule has 3 aromatic carbocycles. The van der Waals surface area contributed by atoms with Crippen molar-refractivity contribution in [1.29, 1.82) is 0 Å². The second kappa shape index (κ2) is 10.4. The summed E-state index contributed by atoms with van der Waals surface area (Å²) in [6.07, 6.45) is 0. The van der Waals surface area contributed by atoms with Crippen molar-refractivity contribution in [3.63, 3.8) is 0 Å². The normalized spacial score (nSPS) is 17.5. The van der Waals surface area contributed by atoms with Crippen molar-refractivity contribution in [2.45, 2.75) is 18.5 Å². The number of carbonyl (C=O) groups is 2. The molecule has 0 fully saturated rings. The van der Waals surface area contributed by atoms with E-state index in [0.29, 0.717) is 40.9 Å². The smallest absolute Gasteiger partial charge is 0.255 e. The molecule has 2 atom stereocenters. The number of methoxy groups -OCH3 is 1. The van der Waals surface area contributed by atoms with Gasteiger partial charge in [-0.3, -0.25) is 9.59 Å². The summed E-state index contributed by atoms with van der Waals surface area (Å²) in [5, 5.41) is 4.18. The van der Waals surface area contributed by atoms with Gasteiger partial charge in [0.1, 0.15) is 0 Å². The molecule has 1 aliphatic heterocycles. The third-order valence-electron chi connectivity index (χ3n) is 5.80. The van der Waals surface area contributed by atoms with Gasteiger partial charge in [0.2, 0.25) is 5.91 Å². The topological polar surface area (TPSA) is 58.6 Å². The van der Waals surface area contributed by atoms with Crippen molar-refractivity contribution in [2.75, 3.05) is 20.3 Å². The molecule has 33 heavy (non-hydrogen) atoms. The molecule has 5 nitrogen and oxygen atoms in total. The van der Waals surface area contributed by atoms with Crippen molar-refractivity contribution in [3.8, 4) is 0 Å². The summed E-state index contributed by atoms with van der Waals surface area (Å²) in [6, 6.07) is 21.5. The van der Waals surface area contributed by atoms with Crippen LogP contribution in [0.25, 0.3) is 0 Å². The lowest BCUT2D eigenvalue weighted by molar-refractivity contribution is -0.124. The fourth-order valence-electron chi connectivity index (χ4n) is 4.25. The highest BCUT2D eigenvalue weighted by atomic mass is 35.5. The molecule has 0 saturated heterocycles. The second-order valence-corrected chi connectivity index (χ2v) is 8.78. The number of nitrogens with one attached hydrogen (secondary N) is 1. The number of hydrogen-bond donors (Lipinski definition) is 1. The first-order valence-electron chi connectivity index (χ1n) is 10.7. The first-order valence-corrected chi connectivity index (χ1v) is 11.4. The Bertz CT molecular complexity index is 1130. The van der Waals surface area contributed by atoms with Crippen LogP contribution in [-0.2, 0) is 16.1 Å². The largest absolute Gasteiger partial charge is 0.383 e. The molecule has 170 valence electrons. The van der Waals surface area contributed by atoms with Crippen molar-refractivity contribution in [2.24, 2.45) is 0 Å². The number of fused-ring (bicyclic) bond motifs is 1. The number of benzene rings is 3. The highest BCUT2D eigenvalue weighted by Gasteiger charge is 2.44. The highest BCUT2D eigenvalue weighted by molar-refractivity contribution is 6.30. The molecule has 0 aromatic heterocycles. The summed E-state index contributed by atoms with van der Waals surface area (Å²) in [7, 11) is 1.59. The quantitative estimate of drug-likeness (QED) is 0.468. The first kappa shape index (κ1) is 23.3. The van der Waals surface area contributed by atoms with Crippen LogP contribution in [0.2, 0.25) is 10.0 Å². The van der Waals surface area contributed by atoms with E-state index < -0.39 is 12.0 Å². The minimum atomic E-state index is -0.593. The lowest BCUT2D eigenvalue weighted by Crippen LogP contribution is -2.47. The van der Waals surface area contributed by atoms with Crippen molar-refractivity contribution >= 4 is 35.0 Å². The van der Waals surface area contributed by atoms with Gasteiger partial charge in [-0.15, -0.1) is 0 Å². The molecule has 4 rings (SSSR count). The van der Waals surface area contributed by atoms with Crippen LogP contribution in [-0.4, -0.2) is 37.0 Å². The Morgan fingerprint density at radius 2 is 1.61 bits per heavy atom. The van der Waals surface area contributed by atoms with E-state index in [-0.39, 0.29) is 11.8 Å². The van der Waals surface area contributed by atoms with Gasteiger partial charge in [0.15, 0.2) is 0 Å². The number of rotatable bonds is 7. The van der Waals surface area contributed by atoms with Crippen LogP contribution >= 0.6 is 23.2 Å². The van der Waals surface area contributed by atoms with E-state index in [2.05, 4.69) is 5.32 Å². The van der Waals surface area contributed by atoms with E-state index >= 15 is 0 Å². The van der Waals surface area contributed by atoms with Crippen molar-refractivity contribution in [3.05, 3.63) is 105 Å². The van der Waals surface area contributed by atoms with Gasteiger partial charge < -0.3 is 15.0 Å². The minimum absolute atomic E-state index is 0.124. The van der Waals surface area contributed by atoms with Crippen molar-refractivity contribution < 1.29 is 14.3 Å². The average molecular weight is 483 g/mol. The summed E-state index contributed by atoms with van der Waals surface area (Å²) in [5.74, 6) is -0.876.